The summed E-state index contributed by atoms with van der Waals surface area (Å²) in [5.41, 5.74) is 0.964. The lowest BCUT2D eigenvalue weighted by molar-refractivity contribution is 0.628. The second-order valence-electron chi connectivity index (χ2n) is 6.04. The maximum absolute atomic E-state index is 14.1. The number of anilines is 1. The van der Waals surface area contributed by atoms with Gasteiger partial charge in [0.1, 0.15) is 11.6 Å². The minimum atomic E-state index is -0.345. The molecule has 0 saturated heterocycles. The fourth-order valence-corrected chi connectivity index (χ4v) is 2.82. The van der Waals surface area contributed by atoms with E-state index in [0.29, 0.717) is 17.0 Å². The van der Waals surface area contributed by atoms with Crippen LogP contribution in [-0.2, 0) is 6.54 Å². The van der Waals surface area contributed by atoms with Gasteiger partial charge in [-0.2, -0.15) is 4.52 Å². The van der Waals surface area contributed by atoms with Gasteiger partial charge in [-0.1, -0.05) is 12.1 Å². The molecular formula is C18H18FN7. The van der Waals surface area contributed by atoms with E-state index in [1.54, 1.807) is 28.9 Å². The van der Waals surface area contributed by atoms with Crippen molar-refractivity contribution in [1.82, 2.24) is 29.4 Å². The van der Waals surface area contributed by atoms with Crippen LogP contribution < -0.4 is 4.90 Å². The Bertz CT molecular complexity index is 1010. The first kappa shape index (κ1) is 16.2. The van der Waals surface area contributed by atoms with Crippen LogP contribution in [0, 0.1) is 5.82 Å². The topological polar surface area (TPSA) is 64.1 Å². The van der Waals surface area contributed by atoms with E-state index in [4.69, 9.17) is 0 Å². The van der Waals surface area contributed by atoms with E-state index in [2.05, 4.69) is 25.2 Å². The minimum Gasteiger partial charge on any atom is -0.358 e. The third-order valence-corrected chi connectivity index (χ3v) is 4.22. The predicted molar refractivity (Wildman–Crippen MR) is 96.3 cm³/mol. The third kappa shape index (κ3) is 3.13. The molecule has 0 aliphatic carbocycles. The molecule has 0 N–H and O–H groups in total. The number of aromatic nitrogens is 6. The Hall–Kier alpha value is -3.29. The number of hydrogen-bond donors (Lipinski definition) is 0. The van der Waals surface area contributed by atoms with Crippen LogP contribution in [0.5, 0.6) is 0 Å². The van der Waals surface area contributed by atoms with Crippen molar-refractivity contribution >= 4 is 11.5 Å². The summed E-state index contributed by atoms with van der Waals surface area (Å²) in [7, 11) is 1.98. The summed E-state index contributed by atoms with van der Waals surface area (Å²) in [6.07, 6.45) is 6.48. The molecule has 0 amide bonds. The van der Waals surface area contributed by atoms with Gasteiger partial charge in [0.15, 0.2) is 11.5 Å². The first-order valence-electron chi connectivity index (χ1n) is 8.36. The number of aryl methyl sites for hydroxylation is 1. The molecule has 0 unspecified atom stereocenters. The van der Waals surface area contributed by atoms with E-state index in [-0.39, 0.29) is 5.82 Å². The number of rotatable bonds is 6. The highest BCUT2D eigenvalue weighted by Crippen LogP contribution is 2.22. The molecule has 0 aliphatic heterocycles. The fourth-order valence-electron chi connectivity index (χ4n) is 2.82. The van der Waals surface area contributed by atoms with E-state index in [9.17, 15) is 4.39 Å². The van der Waals surface area contributed by atoms with Crippen molar-refractivity contribution in [1.29, 1.82) is 0 Å². The average Bonchev–Trinajstić information content (AvgIpc) is 3.31. The van der Waals surface area contributed by atoms with Gasteiger partial charge in [-0.15, -0.1) is 15.3 Å². The number of fused-ring (bicyclic) bond motifs is 1. The van der Waals surface area contributed by atoms with E-state index >= 15 is 0 Å². The van der Waals surface area contributed by atoms with Crippen LogP contribution in [0.3, 0.4) is 0 Å². The average molecular weight is 351 g/mol. The predicted octanol–water partition coefficient (Wildman–Crippen LogP) is 2.65. The lowest BCUT2D eigenvalue weighted by Gasteiger charge is -2.18. The highest BCUT2D eigenvalue weighted by molar-refractivity contribution is 5.60. The maximum atomic E-state index is 14.1. The molecule has 26 heavy (non-hydrogen) atoms. The number of benzene rings is 1. The van der Waals surface area contributed by atoms with Gasteiger partial charge in [-0.3, -0.25) is 0 Å². The fraction of sp³-hybridized carbons (Fsp3) is 0.222. The summed E-state index contributed by atoms with van der Waals surface area (Å²) in [5, 5.41) is 12.8. The second kappa shape index (κ2) is 6.91. The lowest BCUT2D eigenvalue weighted by atomic mass is 10.2. The Kier molecular flexibility index (Phi) is 4.30. The quantitative estimate of drug-likeness (QED) is 0.534. The molecule has 4 aromatic rings. The highest BCUT2D eigenvalue weighted by atomic mass is 19.1. The molecule has 8 heteroatoms. The van der Waals surface area contributed by atoms with Crippen molar-refractivity contribution < 1.29 is 4.39 Å². The van der Waals surface area contributed by atoms with Gasteiger partial charge < -0.3 is 9.47 Å². The van der Waals surface area contributed by atoms with Crippen molar-refractivity contribution in [2.45, 2.75) is 13.0 Å². The number of imidazole rings is 1. The number of halogens is 1. The highest BCUT2D eigenvalue weighted by Gasteiger charge is 2.14. The van der Waals surface area contributed by atoms with Crippen molar-refractivity contribution in [3.05, 3.63) is 60.9 Å². The van der Waals surface area contributed by atoms with Crippen molar-refractivity contribution in [3.8, 4) is 11.4 Å². The van der Waals surface area contributed by atoms with Crippen LogP contribution in [0.15, 0.2) is 55.1 Å². The van der Waals surface area contributed by atoms with Gasteiger partial charge in [-0.05, 0) is 30.7 Å². The molecule has 0 fully saturated rings. The van der Waals surface area contributed by atoms with Crippen LogP contribution in [0.4, 0.5) is 10.2 Å². The molecule has 3 heterocycles. The summed E-state index contributed by atoms with van der Waals surface area (Å²) in [6, 6.07) is 10.2. The zero-order valence-electron chi connectivity index (χ0n) is 14.3. The van der Waals surface area contributed by atoms with Crippen LogP contribution in [-0.4, -0.2) is 43.0 Å². The Morgan fingerprint density at radius 3 is 2.81 bits per heavy atom. The van der Waals surface area contributed by atoms with E-state index in [1.165, 1.54) is 6.07 Å². The number of nitrogens with zero attached hydrogens (tertiary/aromatic N) is 7. The minimum absolute atomic E-state index is 0.345. The molecule has 132 valence electrons. The van der Waals surface area contributed by atoms with Gasteiger partial charge in [0.05, 0.1) is 11.9 Å². The smallest absolute Gasteiger partial charge is 0.188 e. The SMILES string of the molecule is CN(CCCn1ccnc1)c1ccc2nnc(-c3ccccc3F)n2n1. The maximum Gasteiger partial charge on any atom is 0.188 e. The van der Waals surface area contributed by atoms with Crippen molar-refractivity contribution in [2.75, 3.05) is 18.5 Å². The summed E-state index contributed by atoms with van der Waals surface area (Å²) in [4.78, 5) is 6.10. The first-order valence-corrected chi connectivity index (χ1v) is 8.36. The van der Waals surface area contributed by atoms with Gasteiger partial charge in [0, 0.05) is 32.5 Å². The van der Waals surface area contributed by atoms with Crippen LogP contribution in [0.2, 0.25) is 0 Å². The Labute approximate surface area is 149 Å². The van der Waals surface area contributed by atoms with Gasteiger partial charge in [0.25, 0.3) is 0 Å². The standard InChI is InChI=1S/C18H18FN7/c1-24(10-4-11-25-12-9-20-13-25)17-8-7-16-21-22-18(26(16)23-17)14-5-2-3-6-15(14)19/h2-3,5-9,12-13H,4,10-11H2,1H3. The van der Waals surface area contributed by atoms with Gasteiger partial charge in [0.2, 0.25) is 0 Å². The normalized spacial score (nSPS) is 11.2. The van der Waals surface area contributed by atoms with E-state index in [0.717, 1.165) is 25.3 Å². The summed E-state index contributed by atoms with van der Waals surface area (Å²) in [6.45, 7) is 1.72. The molecule has 3 aromatic heterocycles. The zero-order chi connectivity index (χ0) is 17.9. The molecule has 0 bridgehead atoms. The first-order chi connectivity index (χ1) is 12.7. The van der Waals surface area contributed by atoms with Crippen LogP contribution in [0.1, 0.15) is 6.42 Å². The van der Waals surface area contributed by atoms with Crippen molar-refractivity contribution in [3.63, 3.8) is 0 Å². The monoisotopic (exact) mass is 351 g/mol. The second-order valence-corrected chi connectivity index (χ2v) is 6.04. The molecule has 0 atom stereocenters. The van der Waals surface area contributed by atoms with E-state index in [1.807, 2.05) is 36.3 Å². The zero-order valence-corrected chi connectivity index (χ0v) is 14.3. The molecular weight excluding hydrogens is 333 g/mol. The van der Waals surface area contributed by atoms with Crippen LogP contribution in [0.25, 0.3) is 17.0 Å². The Balaban J connectivity index is 1.56. The van der Waals surface area contributed by atoms with Crippen LogP contribution >= 0.6 is 0 Å². The lowest BCUT2D eigenvalue weighted by Crippen LogP contribution is -2.21. The molecule has 0 spiro atoms. The molecule has 7 nitrogen and oxygen atoms in total. The van der Waals surface area contributed by atoms with Gasteiger partial charge >= 0.3 is 0 Å². The van der Waals surface area contributed by atoms with Crippen molar-refractivity contribution in [2.24, 2.45) is 0 Å². The molecule has 0 saturated carbocycles. The summed E-state index contributed by atoms with van der Waals surface area (Å²) in [5.74, 6) is 0.829. The Morgan fingerprint density at radius 1 is 1.12 bits per heavy atom. The van der Waals surface area contributed by atoms with E-state index < -0.39 is 0 Å². The molecule has 0 aliphatic rings. The number of hydrogen-bond acceptors (Lipinski definition) is 5. The third-order valence-electron chi connectivity index (χ3n) is 4.22. The molecule has 1 aromatic carbocycles. The van der Waals surface area contributed by atoms with Gasteiger partial charge in [-0.25, -0.2) is 9.37 Å². The largest absolute Gasteiger partial charge is 0.358 e. The summed E-state index contributed by atoms with van der Waals surface area (Å²) < 4.78 is 17.7. The molecule has 0 radical (unpaired) electrons. The summed E-state index contributed by atoms with van der Waals surface area (Å²) >= 11 is 0. The molecule has 4 rings (SSSR count). The Morgan fingerprint density at radius 2 is 2.00 bits per heavy atom.